The van der Waals surface area contributed by atoms with Crippen LogP contribution >= 0.6 is 23.5 Å². The van der Waals surface area contributed by atoms with Crippen LogP contribution in [0, 0.1) is 0 Å². The van der Waals surface area contributed by atoms with Crippen molar-refractivity contribution in [3.63, 3.8) is 0 Å². The normalized spacial score (nSPS) is 16.8. The molecule has 3 rings (SSSR count). The number of carboxylic acids is 1. The van der Waals surface area contributed by atoms with Crippen LogP contribution in [0.1, 0.15) is 40.5 Å². The van der Waals surface area contributed by atoms with Gasteiger partial charge in [-0.3, -0.25) is 19.2 Å². The van der Waals surface area contributed by atoms with Crippen LogP contribution in [0.4, 0.5) is 0 Å². The molecule has 0 radical (unpaired) electrons. The number of likely N-dealkylation sites (tertiary alicyclic amines) is 1. The van der Waals surface area contributed by atoms with E-state index in [1.807, 2.05) is 0 Å². The van der Waals surface area contributed by atoms with Crippen LogP contribution in [0.2, 0.25) is 0 Å². The quantitative estimate of drug-likeness (QED) is 0.524. The van der Waals surface area contributed by atoms with Gasteiger partial charge in [0.05, 0.1) is 0 Å². The molecule has 1 aliphatic heterocycles. The third kappa shape index (κ3) is 7.19. The van der Waals surface area contributed by atoms with Gasteiger partial charge >= 0.3 is 5.97 Å². The first-order valence-electron chi connectivity index (χ1n) is 11.1. The maximum absolute atomic E-state index is 13.1. The van der Waals surface area contributed by atoms with Crippen LogP contribution in [-0.2, 0) is 14.4 Å². The summed E-state index contributed by atoms with van der Waals surface area (Å²) in [5, 5.41) is 10.5. The summed E-state index contributed by atoms with van der Waals surface area (Å²) in [5.41, 5.74) is 0.897. The molecule has 2 amide bonds. The number of hydrogen-bond donors (Lipinski definition) is 2. The third-order valence-electron chi connectivity index (χ3n) is 5.48. The topological polar surface area (TPSA) is 121 Å². The number of aliphatic carboxylic acids is 1. The summed E-state index contributed by atoms with van der Waals surface area (Å²) in [5.74, 6) is -2.12. The number of thioether (sulfide) groups is 2. The first-order chi connectivity index (χ1) is 16.8. The van der Waals surface area contributed by atoms with Crippen molar-refractivity contribution in [2.75, 3.05) is 12.3 Å². The van der Waals surface area contributed by atoms with Gasteiger partial charge in [0.2, 0.25) is 22.0 Å². The number of carboxylic acid groups (broad SMARTS) is 1. The third-order valence-corrected chi connectivity index (χ3v) is 7.80. The van der Waals surface area contributed by atoms with Gasteiger partial charge < -0.3 is 15.3 Å². The first kappa shape index (κ1) is 26.5. The Labute approximate surface area is 211 Å². The molecular weight excluding hydrogens is 488 g/mol. The standard InChI is InChI=1S/C25H26N2O6S2/c1-16(22(29)27-14-8-13-19(27)23(30)31)26-21(28)20(35-25(33)18-11-6-3-7-12-18)15-34-24(32)17-9-4-2-5-10-17/h2-7,9-12,16,19-20H,8,13-15H2,1H3,(H,26,28)(H,30,31)/t16-,19-,20?/m0/s1. The van der Waals surface area contributed by atoms with E-state index in [1.165, 1.54) is 11.8 Å². The van der Waals surface area contributed by atoms with Crippen LogP contribution in [0.25, 0.3) is 0 Å². The van der Waals surface area contributed by atoms with Crippen LogP contribution < -0.4 is 5.32 Å². The van der Waals surface area contributed by atoms with Gasteiger partial charge in [-0.2, -0.15) is 0 Å². The summed E-state index contributed by atoms with van der Waals surface area (Å²) in [4.78, 5) is 64.0. The summed E-state index contributed by atoms with van der Waals surface area (Å²) >= 11 is 1.71. The van der Waals surface area contributed by atoms with Crippen LogP contribution in [-0.4, -0.2) is 67.7 Å². The zero-order valence-electron chi connectivity index (χ0n) is 19.1. The fourth-order valence-electron chi connectivity index (χ4n) is 3.65. The maximum Gasteiger partial charge on any atom is 0.326 e. The summed E-state index contributed by atoms with van der Waals surface area (Å²) in [6, 6.07) is 15.2. The van der Waals surface area contributed by atoms with E-state index < -0.39 is 35.1 Å². The van der Waals surface area contributed by atoms with E-state index in [-0.39, 0.29) is 16.0 Å². The minimum absolute atomic E-state index is 0.0190. The Hall–Kier alpha value is -3.11. The van der Waals surface area contributed by atoms with Gasteiger partial charge in [0.1, 0.15) is 17.3 Å². The Morgan fingerprint density at radius 1 is 0.971 bits per heavy atom. The molecule has 0 bridgehead atoms. The Kier molecular flexibility index (Phi) is 9.50. The number of hydrogen-bond acceptors (Lipinski definition) is 7. The van der Waals surface area contributed by atoms with Crippen molar-refractivity contribution in [3.05, 3.63) is 71.8 Å². The molecule has 1 heterocycles. The van der Waals surface area contributed by atoms with Gasteiger partial charge in [0.25, 0.3) is 0 Å². The molecule has 2 aromatic carbocycles. The van der Waals surface area contributed by atoms with Crippen molar-refractivity contribution in [2.24, 2.45) is 0 Å². The second-order valence-corrected chi connectivity index (χ2v) is 10.2. The molecule has 0 aromatic heterocycles. The average Bonchev–Trinajstić information content (AvgIpc) is 3.37. The Morgan fingerprint density at radius 3 is 2.11 bits per heavy atom. The van der Waals surface area contributed by atoms with E-state index in [4.69, 9.17) is 0 Å². The zero-order valence-corrected chi connectivity index (χ0v) is 20.7. The number of rotatable bonds is 9. The molecular formula is C25H26N2O6S2. The van der Waals surface area contributed by atoms with E-state index in [9.17, 15) is 29.1 Å². The fourth-order valence-corrected chi connectivity index (χ4v) is 5.59. The molecule has 35 heavy (non-hydrogen) atoms. The average molecular weight is 515 g/mol. The predicted molar refractivity (Wildman–Crippen MR) is 135 cm³/mol. The van der Waals surface area contributed by atoms with Crippen molar-refractivity contribution in [1.82, 2.24) is 10.2 Å². The van der Waals surface area contributed by atoms with Gasteiger partial charge in [-0.15, -0.1) is 0 Å². The van der Waals surface area contributed by atoms with E-state index in [1.54, 1.807) is 60.7 Å². The molecule has 1 saturated heterocycles. The summed E-state index contributed by atoms with van der Waals surface area (Å²) in [6.07, 6.45) is 0.940. The second-order valence-electron chi connectivity index (χ2n) is 7.98. The first-order valence-corrected chi connectivity index (χ1v) is 13.0. The Balaban J connectivity index is 1.69. The highest BCUT2D eigenvalue weighted by Crippen LogP contribution is 2.24. The number of carbonyl (C=O) groups is 5. The minimum atomic E-state index is -1.08. The zero-order chi connectivity index (χ0) is 25.4. The van der Waals surface area contributed by atoms with Gasteiger partial charge in [-0.05, 0) is 19.8 Å². The molecule has 1 fully saturated rings. The van der Waals surface area contributed by atoms with Gasteiger partial charge in [0, 0.05) is 23.4 Å². The lowest BCUT2D eigenvalue weighted by atomic mass is 10.2. The number of benzene rings is 2. The molecule has 1 unspecified atom stereocenters. The molecule has 0 saturated carbocycles. The van der Waals surface area contributed by atoms with Crippen LogP contribution in [0.5, 0.6) is 0 Å². The molecule has 3 atom stereocenters. The molecule has 10 heteroatoms. The van der Waals surface area contributed by atoms with E-state index >= 15 is 0 Å². The molecule has 2 N–H and O–H groups in total. The SMILES string of the molecule is C[C@H](NC(=O)C(CSC(=O)c1ccccc1)SC(=O)c1ccccc1)C(=O)N1CCC[C@H]1C(=O)O. The highest BCUT2D eigenvalue weighted by molar-refractivity contribution is 8.18. The fraction of sp³-hybridized carbons (Fsp3) is 0.320. The molecule has 184 valence electrons. The van der Waals surface area contributed by atoms with Crippen molar-refractivity contribution in [1.29, 1.82) is 0 Å². The highest BCUT2D eigenvalue weighted by Gasteiger charge is 2.37. The van der Waals surface area contributed by atoms with Crippen molar-refractivity contribution in [3.8, 4) is 0 Å². The second kappa shape index (κ2) is 12.6. The van der Waals surface area contributed by atoms with Crippen molar-refractivity contribution >= 4 is 51.5 Å². The maximum atomic E-state index is 13.1. The molecule has 8 nitrogen and oxygen atoms in total. The lowest BCUT2D eigenvalue weighted by Crippen LogP contribution is -2.52. The number of amides is 2. The lowest BCUT2D eigenvalue weighted by Gasteiger charge is -2.26. The number of carbonyl (C=O) groups excluding carboxylic acids is 4. The van der Waals surface area contributed by atoms with E-state index in [0.717, 1.165) is 23.5 Å². The Morgan fingerprint density at radius 2 is 1.54 bits per heavy atom. The van der Waals surface area contributed by atoms with Gasteiger partial charge in [-0.25, -0.2) is 4.79 Å². The smallest absolute Gasteiger partial charge is 0.326 e. The number of nitrogens with one attached hydrogen (secondary N) is 1. The van der Waals surface area contributed by atoms with Crippen LogP contribution in [0.3, 0.4) is 0 Å². The largest absolute Gasteiger partial charge is 0.480 e. The summed E-state index contributed by atoms with van der Waals surface area (Å²) < 4.78 is 0. The number of nitrogens with zero attached hydrogens (tertiary/aromatic N) is 1. The van der Waals surface area contributed by atoms with Gasteiger partial charge in [-0.1, -0.05) is 84.2 Å². The molecule has 0 aliphatic carbocycles. The molecule has 1 aliphatic rings. The van der Waals surface area contributed by atoms with Crippen molar-refractivity contribution in [2.45, 2.75) is 37.1 Å². The van der Waals surface area contributed by atoms with Crippen LogP contribution in [0.15, 0.2) is 60.7 Å². The molecule has 0 spiro atoms. The minimum Gasteiger partial charge on any atom is -0.480 e. The lowest BCUT2D eigenvalue weighted by molar-refractivity contribution is -0.149. The Bertz CT molecular complexity index is 1080. The highest BCUT2D eigenvalue weighted by atomic mass is 32.2. The van der Waals surface area contributed by atoms with Crippen molar-refractivity contribution < 1.29 is 29.1 Å². The molecule has 2 aromatic rings. The van der Waals surface area contributed by atoms with E-state index in [2.05, 4.69) is 5.32 Å². The van der Waals surface area contributed by atoms with E-state index in [0.29, 0.717) is 30.5 Å². The summed E-state index contributed by atoms with van der Waals surface area (Å²) in [6.45, 7) is 1.79. The predicted octanol–water partition coefficient (Wildman–Crippen LogP) is 3.08. The van der Waals surface area contributed by atoms with Gasteiger partial charge in [0.15, 0.2) is 0 Å². The summed E-state index contributed by atoms with van der Waals surface area (Å²) in [7, 11) is 0. The monoisotopic (exact) mass is 514 g/mol.